The Labute approximate surface area is 117 Å². The summed E-state index contributed by atoms with van der Waals surface area (Å²) in [5.74, 6) is 0.611. The van der Waals surface area contributed by atoms with Gasteiger partial charge < -0.3 is 15.6 Å². The summed E-state index contributed by atoms with van der Waals surface area (Å²) in [7, 11) is 0. The van der Waals surface area contributed by atoms with Crippen LogP contribution in [-0.4, -0.2) is 11.7 Å². The maximum absolute atomic E-state index is 9.00. The average molecular weight is 278 g/mol. The lowest BCUT2D eigenvalue weighted by molar-refractivity contribution is 0.267. The largest absolute Gasteiger partial charge is 0.487 e. The van der Waals surface area contributed by atoms with Crippen molar-refractivity contribution < 1.29 is 9.84 Å². The molecule has 100 valence electrons. The summed E-state index contributed by atoms with van der Waals surface area (Å²) in [6.07, 6.45) is 0. The van der Waals surface area contributed by atoms with Crippen molar-refractivity contribution in [2.75, 3.05) is 6.61 Å². The molecule has 2 aromatic carbocycles. The van der Waals surface area contributed by atoms with E-state index in [0.29, 0.717) is 17.4 Å². The van der Waals surface area contributed by atoms with Crippen LogP contribution in [0.15, 0.2) is 48.5 Å². The highest BCUT2D eigenvalue weighted by molar-refractivity contribution is 6.32. The van der Waals surface area contributed by atoms with Crippen LogP contribution < -0.4 is 10.5 Å². The average Bonchev–Trinajstić information content (AvgIpc) is 2.46. The van der Waals surface area contributed by atoms with Crippen LogP contribution in [0.2, 0.25) is 5.02 Å². The van der Waals surface area contributed by atoms with E-state index in [1.54, 1.807) is 12.1 Å². The van der Waals surface area contributed by atoms with Crippen LogP contribution >= 0.6 is 11.6 Å². The standard InChI is InChI=1S/C15H16ClNO2/c16-13-8-12(14(17)9-18)6-7-15(13)19-10-11-4-2-1-3-5-11/h1-8,14,18H,9-10,17H2/t14-/m1/s1. The first-order valence-electron chi connectivity index (χ1n) is 6.03. The number of benzene rings is 2. The van der Waals surface area contributed by atoms with Crippen molar-refractivity contribution in [3.05, 3.63) is 64.7 Å². The molecule has 0 heterocycles. The number of aliphatic hydroxyl groups excluding tert-OH is 1. The molecule has 0 spiro atoms. The van der Waals surface area contributed by atoms with Gasteiger partial charge in [0.2, 0.25) is 0 Å². The van der Waals surface area contributed by atoms with Gasteiger partial charge in [-0.1, -0.05) is 48.0 Å². The summed E-state index contributed by atoms with van der Waals surface area (Å²) in [5.41, 5.74) is 7.60. The van der Waals surface area contributed by atoms with Gasteiger partial charge in [-0.15, -0.1) is 0 Å². The number of aliphatic hydroxyl groups is 1. The van der Waals surface area contributed by atoms with E-state index in [0.717, 1.165) is 11.1 Å². The Kier molecular flexibility index (Phi) is 4.80. The molecule has 2 aromatic rings. The van der Waals surface area contributed by atoms with E-state index in [9.17, 15) is 0 Å². The molecule has 0 saturated carbocycles. The minimum Gasteiger partial charge on any atom is -0.487 e. The molecule has 0 unspecified atom stereocenters. The lowest BCUT2D eigenvalue weighted by atomic mass is 10.1. The van der Waals surface area contributed by atoms with Crippen molar-refractivity contribution >= 4 is 11.6 Å². The smallest absolute Gasteiger partial charge is 0.138 e. The monoisotopic (exact) mass is 277 g/mol. The maximum Gasteiger partial charge on any atom is 0.138 e. The number of hydrogen-bond donors (Lipinski definition) is 2. The minimum atomic E-state index is -0.416. The third kappa shape index (κ3) is 3.70. The first-order chi connectivity index (χ1) is 9.20. The second-order valence-corrected chi connectivity index (χ2v) is 4.66. The van der Waals surface area contributed by atoms with Crippen molar-refractivity contribution in [3.63, 3.8) is 0 Å². The van der Waals surface area contributed by atoms with Crippen LogP contribution in [0.5, 0.6) is 5.75 Å². The fraction of sp³-hybridized carbons (Fsp3) is 0.200. The van der Waals surface area contributed by atoms with Crippen molar-refractivity contribution in [1.29, 1.82) is 0 Å². The topological polar surface area (TPSA) is 55.5 Å². The zero-order valence-corrected chi connectivity index (χ0v) is 11.2. The van der Waals surface area contributed by atoms with E-state index in [-0.39, 0.29) is 6.61 Å². The van der Waals surface area contributed by atoms with Crippen LogP contribution in [0.4, 0.5) is 0 Å². The van der Waals surface area contributed by atoms with E-state index in [1.165, 1.54) is 0 Å². The molecule has 0 saturated heterocycles. The fourth-order valence-electron chi connectivity index (χ4n) is 1.71. The molecule has 1 atom stereocenters. The van der Waals surface area contributed by atoms with Gasteiger partial charge >= 0.3 is 0 Å². The number of halogens is 1. The zero-order valence-electron chi connectivity index (χ0n) is 10.4. The summed E-state index contributed by atoms with van der Waals surface area (Å²) < 4.78 is 5.66. The fourth-order valence-corrected chi connectivity index (χ4v) is 1.95. The third-order valence-electron chi connectivity index (χ3n) is 2.82. The number of hydrogen-bond acceptors (Lipinski definition) is 3. The minimum absolute atomic E-state index is 0.111. The molecule has 0 aliphatic rings. The van der Waals surface area contributed by atoms with Crippen LogP contribution in [0.3, 0.4) is 0 Å². The Balaban J connectivity index is 2.05. The molecular weight excluding hydrogens is 262 g/mol. The zero-order chi connectivity index (χ0) is 13.7. The summed E-state index contributed by atoms with van der Waals surface area (Å²) >= 11 is 6.13. The van der Waals surface area contributed by atoms with Gasteiger partial charge in [0.15, 0.2) is 0 Å². The van der Waals surface area contributed by atoms with Crippen LogP contribution in [0.25, 0.3) is 0 Å². The Morgan fingerprint density at radius 3 is 2.53 bits per heavy atom. The van der Waals surface area contributed by atoms with Gasteiger partial charge in [-0.3, -0.25) is 0 Å². The number of rotatable bonds is 5. The highest BCUT2D eigenvalue weighted by Gasteiger charge is 2.08. The third-order valence-corrected chi connectivity index (χ3v) is 3.11. The number of nitrogens with two attached hydrogens (primary N) is 1. The van der Waals surface area contributed by atoms with Crippen molar-refractivity contribution in [1.82, 2.24) is 0 Å². The summed E-state index contributed by atoms with van der Waals surface area (Å²) in [6, 6.07) is 14.8. The van der Waals surface area contributed by atoms with Crippen molar-refractivity contribution in [3.8, 4) is 5.75 Å². The van der Waals surface area contributed by atoms with E-state index in [1.807, 2.05) is 36.4 Å². The quantitative estimate of drug-likeness (QED) is 0.883. The van der Waals surface area contributed by atoms with E-state index in [2.05, 4.69) is 0 Å². The Morgan fingerprint density at radius 1 is 1.16 bits per heavy atom. The SMILES string of the molecule is N[C@H](CO)c1ccc(OCc2ccccc2)c(Cl)c1. The molecule has 0 radical (unpaired) electrons. The van der Waals surface area contributed by atoms with Gasteiger partial charge in [-0.05, 0) is 23.3 Å². The molecule has 2 rings (SSSR count). The lowest BCUT2D eigenvalue weighted by Gasteiger charge is -2.12. The molecule has 19 heavy (non-hydrogen) atoms. The van der Waals surface area contributed by atoms with Crippen LogP contribution in [0, 0.1) is 0 Å². The van der Waals surface area contributed by atoms with E-state index in [4.69, 9.17) is 27.2 Å². The normalized spacial score (nSPS) is 12.2. The highest BCUT2D eigenvalue weighted by Crippen LogP contribution is 2.28. The van der Waals surface area contributed by atoms with E-state index < -0.39 is 6.04 Å². The Bertz CT molecular complexity index is 531. The van der Waals surface area contributed by atoms with Gasteiger partial charge in [0.25, 0.3) is 0 Å². The summed E-state index contributed by atoms with van der Waals surface area (Å²) in [5, 5.41) is 9.50. The van der Waals surface area contributed by atoms with Crippen LogP contribution in [-0.2, 0) is 6.61 Å². The van der Waals surface area contributed by atoms with Gasteiger partial charge in [-0.2, -0.15) is 0 Å². The molecule has 3 N–H and O–H groups in total. The predicted octanol–water partition coefficient (Wildman–Crippen LogP) is 2.91. The second kappa shape index (κ2) is 6.57. The molecule has 0 aromatic heterocycles. The highest BCUT2D eigenvalue weighted by atomic mass is 35.5. The lowest BCUT2D eigenvalue weighted by Crippen LogP contribution is -2.14. The van der Waals surface area contributed by atoms with Gasteiger partial charge in [0, 0.05) is 0 Å². The number of ether oxygens (including phenoxy) is 1. The first kappa shape index (κ1) is 13.9. The first-order valence-corrected chi connectivity index (χ1v) is 6.41. The molecule has 4 heteroatoms. The van der Waals surface area contributed by atoms with Crippen molar-refractivity contribution in [2.24, 2.45) is 5.73 Å². The van der Waals surface area contributed by atoms with Gasteiger partial charge in [-0.25, -0.2) is 0 Å². The summed E-state index contributed by atoms with van der Waals surface area (Å²) in [4.78, 5) is 0. The molecule has 0 amide bonds. The molecule has 0 aliphatic carbocycles. The van der Waals surface area contributed by atoms with Crippen molar-refractivity contribution in [2.45, 2.75) is 12.6 Å². The summed E-state index contributed by atoms with van der Waals surface area (Å²) in [6.45, 7) is 0.354. The molecule has 3 nitrogen and oxygen atoms in total. The predicted molar refractivity (Wildman–Crippen MR) is 76.2 cm³/mol. The van der Waals surface area contributed by atoms with E-state index >= 15 is 0 Å². The second-order valence-electron chi connectivity index (χ2n) is 4.25. The molecule has 0 aliphatic heterocycles. The molecule has 0 bridgehead atoms. The van der Waals surface area contributed by atoms with Gasteiger partial charge in [0.1, 0.15) is 12.4 Å². The van der Waals surface area contributed by atoms with Crippen LogP contribution in [0.1, 0.15) is 17.2 Å². The molecular formula is C15H16ClNO2. The Morgan fingerprint density at radius 2 is 1.89 bits per heavy atom. The maximum atomic E-state index is 9.00. The van der Waals surface area contributed by atoms with Gasteiger partial charge in [0.05, 0.1) is 17.7 Å². The molecule has 0 fully saturated rings. The Hall–Kier alpha value is -1.55.